The average Bonchev–Trinajstić information content (AvgIpc) is 1.65. The summed E-state index contributed by atoms with van der Waals surface area (Å²) in [7, 11) is 0. The van der Waals surface area contributed by atoms with Gasteiger partial charge in [0.2, 0.25) is 22.4 Å². The van der Waals surface area contributed by atoms with Gasteiger partial charge in [0.1, 0.15) is 26.4 Å². The number of rotatable bonds is 17. The first-order valence-electron chi connectivity index (χ1n) is 26.9. The molecule has 0 spiro atoms. The Morgan fingerprint density at radius 3 is 1.30 bits per heavy atom. The summed E-state index contributed by atoms with van der Waals surface area (Å²) in [5.41, 5.74) is -0.184. The van der Waals surface area contributed by atoms with Gasteiger partial charge in [0.05, 0.1) is 0 Å². The number of allylic oxidation sites excluding steroid dienone is 4. The Balaban J connectivity index is 1.08. The van der Waals surface area contributed by atoms with Gasteiger partial charge in [-0.2, -0.15) is 0 Å². The number of benzene rings is 8. The molecule has 84 heavy (non-hydrogen) atoms. The Bertz CT molecular complexity index is 4250. The summed E-state index contributed by atoms with van der Waals surface area (Å²) in [4.78, 5) is 116. The van der Waals surface area contributed by atoms with Crippen LogP contribution in [0.2, 0.25) is 0 Å². The van der Waals surface area contributed by atoms with Crippen molar-refractivity contribution in [2.45, 2.75) is 44.2 Å². The van der Waals surface area contributed by atoms with Gasteiger partial charge in [-0.05, 0) is 122 Å². The zero-order valence-electron chi connectivity index (χ0n) is 45.0. The normalized spacial score (nSPS) is 15.0. The van der Waals surface area contributed by atoms with E-state index in [1.54, 1.807) is 170 Å². The van der Waals surface area contributed by atoms with Gasteiger partial charge in [0.15, 0.2) is 12.1 Å². The fourth-order valence-corrected chi connectivity index (χ4v) is 12.5. The summed E-state index contributed by atoms with van der Waals surface area (Å²) in [6, 6.07) is 55.7. The third-order valence-electron chi connectivity index (χ3n) is 15.5. The number of aldehydes is 1. The van der Waals surface area contributed by atoms with E-state index < -0.39 is 52.1 Å². The molecule has 0 unspecified atom stereocenters. The van der Waals surface area contributed by atoms with Crippen LogP contribution in [0.25, 0.3) is 43.5 Å². The second-order valence-corrected chi connectivity index (χ2v) is 21.6. The third-order valence-corrected chi connectivity index (χ3v) is 16.6. The minimum atomic E-state index is -2.42. The molecule has 1 heterocycles. The van der Waals surface area contributed by atoms with Crippen molar-refractivity contribution in [3.8, 4) is 0 Å². The molecule has 12 rings (SSSR count). The number of hydrogen-bond donors (Lipinski definition) is 0. The lowest BCUT2D eigenvalue weighted by molar-refractivity contribution is -0.166. The predicted octanol–water partition coefficient (Wildman–Crippen LogP) is 12.6. The second kappa shape index (κ2) is 22.4. The molecule has 9 aromatic rings. The van der Waals surface area contributed by atoms with Gasteiger partial charge >= 0.3 is 23.9 Å². The molecule has 0 saturated carbocycles. The van der Waals surface area contributed by atoms with Crippen LogP contribution in [-0.2, 0) is 85.0 Å². The fraction of sp³-hybridized carbons (Fsp3) is 0.0986. The Labute approximate surface area is 485 Å². The summed E-state index contributed by atoms with van der Waals surface area (Å²) in [5, 5.41) is 0.982. The van der Waals surface area contributed by atoms with Gasteiger partial charge in [-0.3, -0.25) is 38.4 Å². The molecular formula is C71H48O12S. The number of hydrogen-bond acceptors (Lipinski definition) is 13. The van der Waals surface area contributed by atoms with Crippen LogP contribution in [0.1, 0.15) is 83.3 Å². The van der Waals surface area contributed by atoms with Gasteiger partial charge in [0.25, 0.3) is 0 Å². The maximum absolute atomic E-state index is 15.6. The summed E-state index contributed by atoms with van der Waals surface area (Å²) >= 11 is 1.36. The van der Waals surface area contributed by atoms with Gasteiger partial charge in [-0.25, -0.2) is 0 Å². The van der Waals surface area contributed by atoms with Gasteiger partial charge in [-0.15, -0.1) is 11.3 Å². The number of fused-ring (bicyclic) bond motifs is 6. The van der Waals surface area contributed by atoms with Gasteiger partial charge < -0.3 is 18.9 Å². The number of carbonyl (C=O) groups is 8. The number of ketones is 3. The van der Waals surface area contributed by atoms with Crippen LogP contribution in [0.15, 0.2) is 217 Å². The van der Waals surface area contributed by atoms with Crippen molar-refractivity contribution < 1.29 is 57.3 Å². The molecule has 12 nitrogen and oxygen atoms in total. The molecule has 410 valence electrons. The third kappa shape index (κ3) is 9.49. The minimum Gasteiger partial charge on any atom is -0.459 e. The SMILES string of the molecule is CC(=O)/C(=C\C1=Cc2cc3sc4cc5c(cc4c3cc2C1(C(=O)OCc1ccccc1)C(=O)OCc1ccccc1)C(C(=O)OCc1ccccc1)(C(=O)OCc1ccccc1)C(/C=C1\C(=O)C(=O)c2ccccc21)=C5)c1ccccc1C=O. The maximum Gasteiger partial charge on any atom is 0.333 e. The van der Waals surface area contributed by atoms with Crippen molar-refractivity contribution in [1.82, 2.24) is 0 Å². The van der Waals surface area contributed by atoms with E-state index in [4.69, 9.17) is 18.9 Å². The lowest BCUT2D eigenvalue weighted by atomic mass is 9.75. The molecule has 3 aliphatic carbocycles. The van der Waals surface area contributed by atoms with Crippen molar-refractivity contribution in [2.24, 2.45) is 0 Å². The highest BCUT2D eigenvalue weighted by Crippen LogP contribution is 2.53. The molecule has 13 heteroatoms. The van der Waals surface area contributed by atoms with Crippen molar-refractivity contribution in [3.05, 3.63) is 284 Å². The standard InChI is InChI=1S/C71H48O12S/c1-43(73)56(53-27-15-14-26-48(53)38-72)34-51-30-49-32-62-57(36-60(49)70(51,66(76)80-39-44-18-6-2-7-19-44)67(77)81-40-45-20-8-3-9-21-45)58-37-61-50(33-63(58)84-62)31-52(35-59-54-28-16-17-29-55(54)64(74)65(59)75)71(61,68(78)82-41-46-22-10-4-11-23-46)69(79)83-42-47-24-12-5-13-25-47/h2-38H,39-42H2,1H3/b56-34+,59-35-. The zero-order chi connectivity index (χ0) is 58.1. The summed E-state index contributed by atoms with van der Waals surface area (Å²) < 4.78 is 26.1. The summed E-state index contributed by atoms with van der Waals surface area (Å²) in [6.07, 6.45) is 6.74. The summed E-state index contributed by atoms with van der Waals surface area (Å²) in [6.45, 7) is 0.337. The largest absolute Gasteiger partial charge is 0.459 e. The highest BCUT2D eigenvalue weighted by molar-refractivity contribution is 7.25. The van der Waals surface area contributed by atoms with Crippen LogP contribution in [0.3, 0.4) is 0 Å². The highest BCUT2D eigenvalue weighted by atomic mass is 32.1. The molecule has 0 fully saturated rings. The maximum atomic E-state index is 15.6. The monoisotopic (exact) mass is 1120 g/mol. The molecular weight excluding hydrogens is 1080 g/mol. The molecule has 0 radical (unpaired) electrons. The smallest absolute Gasteiger partial charge is 0.333 e. The quantitative estimate of drug-likeness (QED) is 0.0211. The molecule has 3 aliphatic rings. The average molecular weight is 1130 g/mol. The number of carbonyl (C=O) groups excluding carboxylic acids is 8. The number of ether oxygens (including phenoxy) is 4. The van der Waals surface area contributed by atoms with Crippen molar-refractivity contribution in [2.75, 3.05) is 0 Å². The molecule has 0 aliphatic heterocycles. The zero-order valence-corrected chi connectivity index (χ0v) is 45.8. The van der Waals surface area contributed by atoms with Crippen LogP contribution in [-0.4, -0.2) is 47.5 Å². The van der Waals surface area contributed by atoms with E-state index in [-0.39, 0.29) is 76.5 Å². The number of thiophene rings is 1. The minimum absolute atomic E-state index is 0.0173. The number of esters is 4. The van der Waals surface area contributed by atoms with Crippen molar-refractivity contribution >= 4 is 102 Å². The highest BCUT2D eigenvalue weighted by Gasteiger charge is 2.59. The second-order valence-electron chi connectivity index (χ2n) is 20.5. The van der Waals surface area contributed by atoms with Crippen LogP contribution in [0.4, 0.5) is 0 Å². The van der Waals surface area contributed by atoms with Crippen molar-refractivity contribution in [3.63, 3.8) is 0 Å². The van der Waals surface area contributed by atoms with Gasteiger partial charge in [-0.1, -0.05) is 170 Å². The molecule has 1 aromatic heterocycles. The van der Waals surface area contributed by atoms with E-state index in [9.17, 15) is 19.2 Å². The number of Topliss-reactive ketones (excluding diaryl/α,β-unsaturated/α-hetero) is 3. The molecule has 0 N–H and O–H groups in total. The molecule has 8 aromatic carbocycles. The lowest BCUT2D eigenvalue weighted by Gasteiger charge is -2.29. The van der Waals surface area contributed by atoms with E-state index >= 15 is 19.2 Å². The van der Waals surface area contributed by atoms with Crippen LogP contribution >= 0.6 is 11.3 Å². The molecule has 0 saturated heterocycles. The van der Waals surface area contributed by atoms with E-state index in [0.717, 1.165) is 0 Å². The predicted molar refractivity (Wildman–Crippen MR) is 318 cm³/mol. The Morgan fingerprint density at radius 2 is 0.857 bits per heavy atom. The molecule has 0 atom stereocenters. The first-order valence-corrected chi connectivity index (χ1v) is 27.7. The lowest BCUT2D eigenvalue weighted by Crippen LogP contribution is -2.46. The fourth-order valence-electron chi connectivity index (χ4n) is 11.3. The first kappa shape index (κ1) is 54.1. The van der Waals surface area contributed by atoms with Gasteiger partial charge in [0, 0.05) is 42.4 Å². The Hall–Kier alpha value is -10.5. The van der Waals surface area contributed by atoms with E-state index in [0.29, 0.717) is 65.4 Å². The Morgan fingerprint density at radius 1 is 0.464 bits per heavy atom. The molecule has 0 amide bonds. The molecule has 0 bridgehead atoms. The van der Waals surface area contributed by atoms with Crippen LogP contribution in [0.5, 0.6) is 0 Å². The van der Waals surface area contributed by atoms with E-state index in [1.807, 2.05) is 36.4 Å². The topological polar surface area (TPSA) is 173 Å². The van der Waals surface area contributed by atoms with Crippen molar-refractivity contribution in [1.29, 1.82) is 0 Å². The van der Waals surface area contributed by atoms with Crippen LogP contribution in [0, 0.1) is 0 Å². The van der Waals surface area contributed by atoms with E-state index in [2.05, 4.69) is 0 Å². The van der Waals surface area contributed by atoms with Crippen LogP contribution < -0.4 is 0 Å². The summed E-state index contributed by atoms with van der Waals surface area (Å²) in [5.74, 6) is -6.08. The first-order chi connectivity index (χ1) is 40.9. The van der Waals surface area contributed by atoms with E-state index in [1.165, 1.54) is 30.4 Å². The Kier molecular flexibility index (Phi) is 14.5.